The molecule has 2 aromatic heterocycles. The van der Waals surface area contributed by atoms with E-state index in [0.717, 1.165) is 42.5 Å². The van der Waals surface area contributed by atoms with Gasteiger partial charge in [-0.15, -0.1) is 0 Å². The van der Waals surface area contributed by atoms with E-state index in [0.29, 0.717) is 29.0 Å². The number of allylic oxidation sites excluding steroid dienone is 3. The summed E-state index contributed by atoms with van der Waals surface area (Å²) < 4.78 is 22.1. The average molecular weight is 399 g/mol. The largest absolute Gasteiger partial charge is 0.396 e. The molecule has 1 fully saturated rings. The quantitative estimate of drug-likeness (QED) is 0.746. The molecule has 0 amide bonds. The number of nitrogens with one attached hydrogen (secondary N) is 1. The summed E-state index contributed by atoms with van der Waals surface area (Å²) in [5.41, 5.74) is 1.57. The number of pyridine rings is 1. The van der Waals surface area contributed by atoms with Crippen LogP contribution in [0.1, 0.15) is 19.3 Å². The van der Waals surface area contributed by atoms with Gasteiger partial charge >= 0.3 is 0 Å². The SMILES string of the molecule is O=S(=O)=C1C=CC(Nc2nc(N3CCC(CO)CC3)nc3ccncc23)=CC1. The van der Waals surface area contributed by atoms with E-state index < -0.39 is 10.3 Å². The number of piperidine rings is 1. The number of rotatable bonds is 4. The number of aliphatic hydroxyl groups is 1. The molecule has 0 spiro atoms. The van der Waals surface area contributed by atoms with Gasteiger partial charge in [-0.05, 0) is 37.0 Å². The summed E-state index contributed by atoms with van der Waals surface area (Å²) in [5.74, 6) is 1.62. The van der Waals surface area contributed by atoms with Crippen molar-refractivity contribution in [2.24, 2.45) is 5.92 Å². The van der Waals surface area contributed by atoms with E-state index >= 15 is 0 Å². The molecule has 3 heterocycles. The first kappa shape index (κ1) is 18.6. The van der Waals surface area contributed by atoms with Gasteiger partial charge in [0.1, 0.15) is 5.82 Å². The topological polar surface area (TPSA) is 108 Å². The maximum Gasteiger partial charge on any atom is 0.227 e. The van der Waals surface area contributed by atoms with E-state index in [1.54, 1.807) is 24.5 Å². The summed E-state index contributed by atoms with van der Waals surface area (Å²) in [6.45, 7) is 1.83. The molecule has 0 unspecified atom stereocenters. The van der Waals surface area contributed by atoms with E-state index in [9.17, 15) is 13.5 Å². The number of anilines is 2. The van der Waals surface area contributed by atoms with Crippen LogP contribution in [0.15, 0.2) is 42.4 Å². The van der Waals surface area contributed by atoms with Crippen molar-refractivity contribution < 1.29 is 13.5 Å². The van der Waals surface area contributed by atoms with Crippen molar-refractivity contribution in [3.63, 3.8) is 0 Å². The van der Waals surface area contributed by atoms with Crippen molar-refractivity contribution in [2.45, 2.75) is 19.3 Å². The third-order valence-corrected chi connectivity index (χ3v) is 5.82. The molecular weight excluding hydrogens is 378 g/mol. The minimum Gasteiger partial charge on any atom is -0.396 e. The van der Waals surface area contributed by atoms with E-state index in [-0.39, 0.29) is 6.61 Å². The van der Waals surface area contributed by atoms with Gasteiger partial charge in [-0.25, -0.2) is 4.98 Å². The number of hydrogen-bond acceptors (Lipinski definition) is 8. The standard InChI is InChI=1S/C19H21N5O3S/c25-12-13-6-9-24(10-7-13)19-22-17-5-8-20-11-16(17)18(23-19)21-14-1-3-15(4-2-14)28(26)27/h1-3,5,8,11,13,25H,4,6-7,9-10,12H2,(H,21,22,23). The first-order valence-corrected chi connectivity index (χ1v) is 10.3. The number of nitrogens with zero attached hydrogens (tertiary/aromatic N) is 4. The fourth-order valence-corrected chi connectivity index (χ4v) is 3.79. The third-order valence-electron chi connectivity index (χ3n) is 5.09. The Morgan fingerprint density at radius 3 is 2.71 bits per heavy atom. The molecule has 2 N–H and O–H groups in total. The van der Waals surface area contributed by atoms with Gasteiger partial charge in [-0.2, -0.15) is 13.4 Å². The zero-order valence-electron chi connectivity index (χ0n) is 15.2. The van der Waals surface area contributed by atoms with Gasteiger partial charge < -0.3 is 15.3 Å². The predicted octanol–water partition coefficient (Wildman–Crippen LogP) is 1.54. The molecule has 0 saturated carbocycles. The molecule has 0 aromatic carbocycles. The zero-order chi connectivity index (χ0) is 19.5. The van der Waals surface area contributed by atoms with E-state index in [4.69, 9.17) is 4.98 Å². The molecular formula is C19H21N5O3S. The fraction of sp³-hybridized carbons (Fsp3) is 0.368. The van der Waals surface area contributed by atoms with Gasteiger partial charge in [0.15, 0.2) is 0 Å². The summed E-state index contributed by atoms with van der Waals surface area (Å²) in [6, 6.07) is 1.85. The van der Waals surface area contributed by atoms with Crippen molar-refractivity contribution in [3.8, 4) is 0 Å². The second-order valence-electron chi connectivity index (χ2n) is 6.90. The lowest BCUT2D eigenvalue weighted by atomic mass is 9.98. The number of fused-ring (bicyclic) bond motifs is 1. The van der Waals surface area contributed by atoms with E-state index in [1.165, 1.54) is 0 Å². The first-order chi connectivity index (χ1) is 13.6. The Labute approximate surface area is 164 Å². The molecule has 2 aromatic rings. The number of aliphatic hydroxyl groups excluding tert-OH is 1. The Balaban J connectivity index is 1.64. The van der Waals surface area contributed by atoms with Crippen LogP contribution in [-0.2, 0) is 10.3 Å². The van der Waals surface area contributed by atoms with Gasteiger partial charge in [0.25, 0.3) is 0 Å². The molecule has 0 radical (unpaired) electrons. The van der Waals surface area contributed by atoms with Crippen LogP contribution in [-0.4, -0.2) is 53.0 Å². The smallest absolute Gasteiger partial charge is 0.227 e. The molecule has 1 aliphatic heterocycles. The summed E-state index contributed by atoms with van der Waals surface area (Å²) >= 11 is 0. The molecule has 146 valence electrons. The van der Waals surface area contributed by atoms with E-state index in [1.807, 2.05) is 12.1 Å². The highest BCUT2D eigenvalue weighted by Crippen LogP contribution is 2.27. The van der Waals surface area contributed by atoms with Crippen LogP contribution < -0.4 is 10.2 Å². The number of hydrogen-bond donors (Lipinski definition) is 2. The van der Waals surface area contributed by atoms with Crippen molar-refractivity contribution in [3.05, 3.63) is 42.4 Å². The average Bonchev–Trinajstić information content (AvgIpc) is 2.74. The molecule has 8 nitrogen and oxygen atoms in total. The second-order valence-corrected chi connectivity index (χ2v) is 7.89. The monoisotopic (exact) mass is 399 g/mol. The maximum atomic E-state index is 11.1. The zero-order valence-corrected chi connectivity index (χ0v) is 16.1. The number of aromatic nitrogens is 3. The van der Waals surface area contributed by atoms with Crippen LogP contribution in [0.25, 0.3) is 10.9 Å². The summed E-state index contributed by atoms with van der Waals surface area (Å²) in [5, 5.41) is 13.4. The second kappa shape index (κ2) is 8.07. The predicted molar refractivity (Wildman–Crippen MR) is 109 cm³/mol. The minimum atomic E-state index is -2.20. The molecule has 2 aliphatic rings. The summed E-state index contributed by atoms with van der Waals surface area (Å²) in [7, 11) is -2.20. The first-order valence-electron chi connectivity index (χ1n) is 9.22. The van der Waals surface area contributed by atoms with Crippen LogP contribution in [0, 0.1) is 5.92 Å². The normalized spacial score (nSPS) is 17.7. The molecule has 0 bridgehead atoms. The van der Waals surface area contributed by atoms with Crippen LogP contribution in [0.3, 0.4) is 0 Å². The van der Waals surface area contributed by atoms with Gasteiger partial charge in [0, 0.05) is 44.2 Å². The highest BCUT2D eigenvalue weighted by molar-refractivity contribution is 7.73. The van der Waals surface area contributed by atoms with Crippen molar-refractivity contribution >= 4 is 37.8 Å². The minimum absolute atomic E-state index is 0.221. The van der Waals surface area contributed by atoms with Gasteiger partial charge in [-0.1, -0.05) is 6.08 Å². The Hall–Kier alpha value is -2.78. The molecule has 9 heteroatoms. The Morgan fingerprint density at radius 2 is 2.04 bits per heavy atom. The fourth-order valence-electron chi connectivity index (χ4n) is 3.39. The lowest BCUT2D eigenvalue weighted by Crippen LogP contribution is -2.36. The van der Waals surface area contributed by atoms with Gasteiger partial charge in [-0.3, -0.25) is 4.98 Å². The lowest BCUT2D eigenvalue weighted by molar-refractivity contribution is 0.202. The van der Waals surface area contributed by atoms with E-state index in [2.05, 4.69) is 20.2 Å². The lowest BCUT2D eigenvalue weighted by Gasteiger charge is -2.31. The molecule has 4 rings (SSSR count). The molecule has 1 saturated heterocycles. The Bertz CT molecular complexity index is 1080. The van der Waals surface area contributed by atoms with Crippen molar-refractivity contribution in [1.82, 2.24) is 15.0 Å². The van der Waals surface area contributed by atoms with Crippen LogP contribution in [0.5, 0.6) is 0 Å². The van der Waals surface area contributed by atoms with Crippen LogP contribution in [0.2, 0.25) is 0 Å². The van der Waals surface area contributed by atoms with Crippen LogP contribution in [0.4, 0.5) is 11.8 Å². The van der Waals surface area contributed by atoms with Gasteiger partial charge in [0.05, 0.1) is 15.8 Å². The maximum absolute atomic E-state index is 11.1. The Morgan fingerprint density at radius 1 is 1.21 bits per heavy atom. The molecule has 1 aliphatic carbocycles. The summed E-state index contributed by atoms with van der Waals surface area (Å²) in [6.07, 6.45) is 10.7. The van der Waals surface area contributed by atoms with Crippen molar-refractivity contribution in [2.75, 3.05) is 29.9 Å². The summed E-state index contributed by atoms with van der Waals surface area (Å²) in [4.78, 5) is 16.1. The highest BCUT2D eigenvalue weighted by Gasteiger charge is 2.21. The highest BCUT2D eigenvalue weighted by atomic mass is 32.2. The van der Waals surface area contributed by atoms with Crippen LogP contribution >= 0.6 is 0 Å². The van der Waals surface area contributed by atoms with Crippen molar-refractivity contribution in [1.29, 1.82) is 0 Å². The Kier molecular flexibility index (Phi) is 5.36. The molecule has 28 heavy (non-hydrogen) atoms. The molecule has 0 atom stereocenters. The third kappa shape index (κ3) is 3.90. The van der Waals surface area contributed by atoms with Gasteiger partial charge in [0.2, 0.25) is 16.2 Å².